The van der Waals surface area contributed by atoms with Crippen molar-refractivity contribution in [3.05, 3.63) is 63.9 Å². The Kier molecular flexibility index (Phi) is 7.41. The number of rotatable bonds is 7. The fourth-order valence-corrected chi connectivity index (χ4v) is 2.70. The average molecular weight is 443 g/mol. The minimum Gasteiger partial charge on any atom is -0.333 e. The SMILES string of the molecule is CCCN(CC(=O)Nc1ccc(F)c(F)c1F)C(=O)Cc1ccc(Br)cc1. The molecule has 0 saturated carbocycles. The number of benzene rings is 2. The number of anilines is 1. The Morgan fingerprint density at radius 1 is 1.04 bits per heavy atom. The van der Waals surface area contributed by atoms with Crippen LogP contribution in [0.25, 0.3) is 0 Å². The summed E-state index contributed by atoms with van der Waals surface area (Å²) in [6.07, 6.45) is 0.735. The van der Waals surface area contributed by atoms with E-state index in [1.54, 1.807) is 12.1 Å². The number of carbonyl (C=O) groups excluding carboxylic acids is 2. The predicted octanol–water partition coefficient (Wildman–Crippen LogP) is 4.29. The molecule has 144 valence electrons. The van der Waals surface area contributed by atoms with Crippen LogP contribution in [-0.2, 0) is 16.0 Å². The van der Waals surface area contributed by atoms with Gasteiger partial charge in [0.1, 0.15) is 0 Å². The highest BCUT2D eigenvalue weighted by Gasteiger charge is 2.19. The van der Waals surface area contributed by atoms with E-state index in [1.165, 1.54) is 4.90 Å². The monoisotopic (exact) mass is 442 g/mol. The molecule has 2 aromatic rings. The van der Waals surface area contributed by atoms with E-state index in [0.29, 0.717) is 13.0 Å². The van der Waals surface area contributed by atoms with Gasteiger partial charge in [-0.25, -0.2) is 13.2 Å². The summed E-state index contributed by atoms with van der Waals surface area (Å²) in [6.45, 7) is 1.87. The molecule has 0 bridgehead atoms. The maximum atomic E-state index is 13.7. The molecule has 0 fully saturated rings. The Bertz CT molecular complexity index is 828. The van der Waals surface area contributed by atoms with Gasteiger partial charge in [0.15, 0.2) is 17.5 Å². The van der Waals surface area contributed by atoms with E-state index in [0.717, 1.165) is 22.2 Å². The number of hydrogen-bond donors (Lipinski definition) is 1. The van der Waals surface area contributed by atoms with Crippen molar-refractivity contribution in [1.29, 1.82) is 0 Å². The molecule has 0 heterocycles. The summed E-state index contributed by atoms with van der Waals surface area (Å²) in [5.74, 6) is -5.45. The Hall–Kier alpha value is -2.35. The molecular weight excluding hydrogens is 425 g/mol. The fourth-order valence-electron chi connectivity index (χ4n) is 2.44. The van der Waals surface area contributed by atoms with Crippen LogP contribution < -0.4 is 5.32 Å². The van der Waals surface area contributed by atoms with E-state index in [2.05, 4.69) is 21.2 Å². The van der Waals surface area contributed by atoms with Crippen molar-refractivity contribution in [2.75, 3.05) is 18.4 Å². The molecule has 0 aliphatic heterocycles. The molecule has 0 saturated heterocycles. The molecule has 2 amide bonds. The third-order valence-corrected chi connectivity index (χ3v) is 4.29. The zero-order chi connectivity index (χ0) is 20.0. The Balaban J connectivity index is 2.04. The van der Waals surface area contributed by atoms with E-state index < -0.39 is 29.0 Å². The van der Waals surface area contributed by atoms with Gasteiger partial charge in [-0.1, -0.05) is 35.0 Å². The maximum absolute atomic E-state index is 13.7. The van der Waals surface area contributed by atoms with E-state index in [4.69, 9.17) is 0 Å². The van der Waals surface area contributed by atoms with Crippen LogP contribution in [0.4, 0.5) is 18.9 Å². The van der Waals surface area contributed by atoms with Crippen LogP contribution in [0, 0.1) is 17.5 Å². The van der Waals surface area contributed by atoms with Crippen molar-refractivity contribution in [1.82, 2.24) is 4.90 Å². The van der Waals surface area contributed by atoms with Crippen LogP contribution in [0.15, 0.2) is 40.9 Å². The molecule has 0 unspecified atom stereocenters. The third-order valence-electron chi connectivity index (χ3n) is 3.76. The van der Waals surface area contributed by atoms with E-state index in [9.17, 15) is 22.8 Å². The minimum atomic E-state index is -1.66. The lowest BCUT2D eigenvalue weighted by atomic mass is 10.1. The van der Waals surface area contributed by atoms with Crippen LogP contribution >= 0.6 is 15.9 Å². The molecule has 0 aliphatic rings. The first-order valence-electron chi connectivity index (χ1n) is 8.27. The largest absolute Gasteiger partial charge is 0.333 e. The van der Waals surface area contributed by atoms with Crippen molar-refractivity contribution in [3.63, 3.8) is 0 Å². The van der Waals surface area contributed by atoms with Crippen molar-refractivity contribution in [2.24, 2.45) is 0 Å². The second-order valence-corrected chi connectivity index (χ2v) is 6.81. The first-order chi connectivity index (χ1) is 12.8. The van der Waals surface area contributed by atoms with Crippen molar-refractivity contribution < 1.29 is 22.8 Å². The summed E-state index contributed by atoms with van der Waals surface area (Å²) in [4.78, 5) is 26.0. The molecule has 0 atom stereocenters. The smallest absolute Gasteiger partial charge is 0.244 e. The summed E-state index contributed by atoms with van der Waals surface area (Å²) < 4.78 is 40.8. The van der Waals surface area contributed by atoms with Crippen molar-refractivity contribution in [3.8, 4) is 0 Å². The topological polar surface area (TPSA) is 49.4 Å². The molecule has 0 spiro atoms. The van der Waals surface area contributed by atoms with Crippen LogP contribution in [0.1, 0.15) is 18.9 Å². The summed E-state index contributed by atoms with van der Waals surface area (Å²) in [5, 5.41) is 2.17. The number of hydrogen-bond acceptors (Lipinski definition) is 2. The average Bonchev–Trinajstić information content (AvgIpc) is 2.63. The van der Waals surface area contributed by atoms with Gasteiger partial charge in [0.05, 0.1) is 18.7 Å². The van der Waals surface area contributed by atoms with E-state index in [1.807, 2.05) is 19.1 Å². The number of halogens is 4. The lowest BCUT2D eigenvalue weighted by molar-refractivity contribution is -0.134. The second-order valence-electron chi connectivity index (χ2n) is 5.89. The predicted molar refractivity (Wildman–Crippen MR) is 99.7 cm³/mol. The molecule has 1 N–H and O–H groups in total. The summed E-state index contributed by atoms with van der Waals surface area (Å²) >= 11 is 3.32. The molecule has 2 aromatic carbocycles. The van der Waals surface area contributed by atoms with Gasteiger partial charge >= 0.3 is 0 Å². The van der Waals surface area contributed by atoms with Gasteiger partial charge in [0, 0.05) is 11.0 Å². The first kappa shape index (κ1) is 21.0. The third kappa shape index (κ3) is 5.82. The Labute approximate surface area is 163 Å². The quantitative estimate of drug-likeness (QED) is 0.650. The number of carbonyl (C=O) groups is 2. The van der Waals surface area contributed by atoms with Crippen LogP contribution in [0.3, 0.4) is 0 Å². The van der Waals surface area contributed by atoms with Gasteiger partial charge in [0.25, 0.3) is 0 Å². The highest BCUT2D eigenvalue weighted by molar-refractivity contribution is 9.10. The van der Waals surface area contributed by atoms with Gasteiger partial charge in [-0.05, 0) is 36.2 Å². The summed E-state index contributed by atoms with van der Waals surface area (Å²) in [6, 6.07) is 8.86. The highest BCUT2D eigenvalue weighted by atomic mass is 79.9. The zero-order valence-electron chi connectivity index (χ0n) is 14.6. The van der Waals surface area contributed by atoms with Gasteiger partial charge < -0.3 is 10.2 Å². The molecule has 2 rings (SSSR count). The normalized spacial score (nSPS) is 10.6. The Morgan fingerprint density at radius 3 is 2.33 bits per heavy atom. The molecule has 0 aromatic heterocycles. The summed E-state index contributed by atoms with van der Waals surface area (Å²) in [7, 11) is 0. The maximum Gasteiger partial charge on any atom is 0.244 e. The van der Waals surface area contributed by atoms with Crippen LogP contribution in [0.5, 0.6) is 0 Å². The van der Waals surface area contributed by atoms with Gasteiger partial charge in [-0.3, -0.25) is 9.59 Å². The number of amides is 2. The second kappa shape index (κ2) is 9.55. The zero-order valence-corrected chi connectivity index (χ0v) is 16.2. The van der Waals surface area contributed by atoms with E-state index in [-0.39, 0.29) is 18.9 Å². The molecule has 8 heteroatoms. The number of nitrogens with zero attached hydrogens (tertiary/aromatic N) is 1. The van der Waals surface area contributed by atoms with Crippen LogP contribution in [0.2, 0.25) is 0 Å². The van der Waals surface area contributed by atoms with Gasteiger partial charge in [-0.2, -0.15) is 0 Å². The molecule has 0 aliphatic carbocycles. The lowest BCUT2D eigenvalue weighted by Gasteiger charge is -2.22. The minimum absolute atomic E-state index is 0.111. The fraction of sp³-hybridized carbons (Fsp3) is 0.263. The molecule has 4 nitrogen and oxygen atoms in total. The Morgan fingerprint density at radius 2 is 1.70 bits per heavy atom. The van der Waals surface area contributed by atoms with Crippen molar-refractivity contribution in [2.45, 2.75) is 19.8 Å². The highest BCUT2D eigenvalue weighted by Crippen LogP contribution is 2.19. The van der Waals surface area contributed by atoms with Gasteiger partial charge in [0.2, 0.25) is 11.8 Å². The van der Waals surface area contributed by atoms with Gasteiger partial charge in [-0.15, -0.1) is 0 Å². The standard InChI is InChI=1S/C19H18BrF3N2O2/c1-2-9-25(17(27)10-12-3-5-13(20)6-4-12)11-16(26)24-15-8-7-14(21)18(22)19(15)23/h3-8H,2,9-11H2,1H3,(H,24,26). The van der Waals surface area contributed by atoms with Crippen molar-refractivity contribution >= 4 is 33.4 Å². The molecule has 27 heavy (non-hydrogen) atoms. The van der Waals surface area contributed by atoms with E-state index >= 15 is 0 Å². The summed E-state index contributed by atoms with van der Waals surface area (Å²) in [5.41, 5.74) is 0.312. The first-order valence-corrected chi connectivity index (χ1v) is 9.06. The van der Waals surface area contributed by atoms with Crippen LogP contribution in [-0.4, -0.2) is 29.8 Å². The molecular formula is C19H18BrF3N2O2. The lowest BCUT2D eigenvalue weighted by Crippen LogP contribution is -2.39. The number of nitrogens with one attached hydrogen (secondary N) is 1. The molecule has 0 radical (unpaired) electrons.